The smallest absolute Gasteiger partial charge is 0.164 e. The third-order valence-corrected chi connectivity index (χ3v) is 3.72. The summed E-state index contributed by atoms with van der Waals surface area (Å²) in [6.07, 6.45) is 1.81. The molecule has 5 nitrogen and oxygen atoms in total. The fourth-order valence-electron chi connectivity index (χ4n) is 2.52. The first-order valence-electron chi connectivity index (χ1n) is 6.77. The summed E-state index contributed by atoms with van der Waals surface area (Å²) in [6.45, 7) is 3.67. The van der Waals surface area contributed by atoms with Crippen molar-refractivity contribution in [1.82, 2.24) is 14.6 Å². The van der Waals surface area contributed by atoms with Gasteiger partial charge in [-0.2, -0.15) is 5.10 Å². The van der Waals surface area contributed by atoms with Crippen molar-refractivity contribution in [2.45, 2.75) is 20.3 Å². The van der Waals surface area contributed by atoms with Crippen molar-refractivity contribution in [3.05, 3.63) is 64.4 Å². The number of hydrogen-bond acceptors (Lipinski definition) is 4. The lowest BCUT2D eigenvalue weighted by molar-refractivity contribution is -0.254. The largest absolute Gasteiger partial charge is 0.545 e. The molecule has 1 aromatic carbocycles. The third kappa shape index (κ3) is 2.32. The maximum atomic E-state index is 13.0. The van der Waals surface area contributed by atoms with Gasteiger partial charge in [0.2, 0.25) is 0 Å². The molecule has 0 aliphatic rings. The van der Waals surface area contributed by atoms with Crippen LogP contribution in [0.5, 0.6) is 0 Å². The third-order valence-electron chi connectivity index (χ3n) is 3.72. The Morgan fingerprint density at radius 2 is 1.95 bits per heavy atom. The quantitative estimate of drug-likeness (QED) is 0.733. The number of carbonyl (C=O) groups is 1. The summed E-state index contributed by atoms with van der Waals surface area (Å²) in [5.41, 5.74) is 3.65. The number of hydrogen-bond donors (Lipinski definition) is 0. The second kappa shape index (κ2) is 5.22. The molecule has 6 heteroatoms. The van der Waals surface area contributed by atoms with Gasteiger partial charge in [0.15, 0.2) is 5.65 Å². The Bertz CT molecular complexity index is 869. The van der Waals surface area contributed by atoms with Gasteiger partial charge < -0.3 is 9.90 Å². The van der Waals surface area contributed by atoms with Crippen LogP contribution < -0.4 is 5.11 Å². The number of carboxylic acids is 1. The van der Waals surface area contributed by atoms with Crippen molar-refractivity contribution >= 4 is 11.6 Å². The van der Waals surface area contributed by atoms with E-state index in [0.29, 0.717) is 6.42 Å². The van der Waals surface area contributed by atoms with Gasteiger partial charge in [0, 0.05) is 17.8 Å². The number of rotatable bonds is 3. The number of halogens is 1. The fourth-order valence-corrected chi connectivity index (χ4v) is 2.52. The van der Waals surface area contributed by atoms with Crippen LogP contribution in [0.3, 0.4) is 0 Å². The second-order valence-corrected chi connectivity index (χ2v) is 5.15. The zero-order chi connectivity index (χ0) is 15.9. The number of aryl methyl sites for hydroxylation is 2. The molecule has 0 unspecified atom stereocenters. The van der Waals surface area contributed by atoms with E-state index in [0.717, 1.165) is 22.5 Å². The summed E-state index contributed by atoms with van der Waals surface area (Å²) in [5, 5.41) is 15.1. The van der Waals surface area contributed by atoms with E-state index in [1.807, 2.05) is 13.8 Å². The molecule has 0 radical (unpaired) electrons. The van der Waals surface area contributed by atoms with Crippen LogP contribution in [-0.4, -0.2) is 20.6 Å². The number of aromatic carboxylic acids is 1. The van der Waals surface area contributed by atoms with Crippen LogP contribution in [0, 0.1) is 19.7 Å². The Morgan fingerprint density at radius 1 is 1.27 bits per heavy atom. The number of nitrogens with zero attached hydrogens (tertiary/aromatic N) is 3. The van der Waals surface area contributed by atoms with E-state index in [1.54, 1.807) is 12.1 Å². The van der Waals surface area contributed by atoms with Gasteiger partial charge in [-0.3, -0.25) is 0 Å². The maximum absolute atomic E-state index is 13.0. The van der Waals surface area contributed by atoms with E-state index in [-0.39, 0.29) is 17.0 Å². The molecule has 3 rings (SSSR count). The number of benzene rings is 1. The van der Waals surface area contributed by atoms with Crippen LogP contribution in [-0.2, 0) is 6.42 Å². The van der Waals surface area contributed by atoms with E-state index in [4.69, 9.17) is 0 Å². The molecule has 112 valence electrons. The maximum Gasteiger partial charge on any atom is 0.164 e. The van der Waals surface area contributed by atoms with Crippen LogP contribution in [0.2, 0.25) is 0 Å². The molecule has 0 aliphatic heterocycles. The molecular formula is C16H13FN3O2-. The molecule has 0 fully saturated rings. The molecule has 0 N–H and O–H groups in total. The molecule has 2 heterocycles. The van der Waals surface area contributed by atoms with Crippen molar-refractivity contribution in [2.75, 3.05) is 0 Å². The lowest BCUT2D eigenvalue weighted by Gasteiger charge is -2.12. The van der Waals surface area contributed by atoms with E-state index in [1.165, 1.54) is 22.8 Å². The number of aromatic nitrogens is 3. The highest BCUT2D eigenvalue weighted by atomic mass is 19.1. The van der Waals surface area contributed by atoms with Gasteiger partial charge in [0.05, 0.1) is 17.7 Å². The van der Waals surface area contributed by atoms with E-state index in [2.05, 4.69) is 10.1 Å². The molecule has 0 aliphatic carbocycles. The normalized spacial score (nSPS) is 11.0. The topological polar surface area (TPSA) is 70.3 Å². The Kier molecular flexibility index (Phi) is 3.36. The molecular weight excluding hydrogens is 285 g/mol. The predicted molar refractivity (Wildman–Crippen MR) is 76.0 cm³/mol. The highest BCUT2D eigenvalue weighted by Crippen LogP contribution is 2.20. The van der Waals surface area contributed by atoms with Crippen molar-refractivity contribution in [2.24, 2.45) is 0 Å². The summed E-state index contributed by atoms with van der Waals surface area (Å²) < 4.78 is 14.5. The van der Waals surface area contributed by atoms with Crippen LogP contribution in [0.25, 0.3) is 5.65 Å². The standard InChI is InChI=1S/C16H14FN3O2/c1-9-13(7-11-3-5-12(17)6-4-11)10(2)20-15(19-9)14(8-18-20)16(21)22/h3-6,8H,7H2,1-2H3,(H,21,22)/p-1. The van der Waals surface area contributed by atoms with Crippen LogP contribution in [0.15, 0.2) is 30.5 Å². The average Bonchev–Trinajstić information content (AvgIpc) is 2.89. The van der Waals surface area contributed by atoms with Gasteiger partial charge in [0.1, 0.15) is 5.82 Å². The summed E-state index contributed by atoms with van der Waals surface area (Å²) in [4.78, 5) is 15.4. The Labute approximate surface area is 126 Å². The molecule has 3 aromatic rings. The lowest BCUT2D eigenvalue weighted by atomic mass is 10.0. The monoisotopic (exact) mass is 298 g/mol. The Hall–Kier alpha value is -2.76. The van der Waals surface area contributed by atoms with Gasteiger partial charge >= 0.3 is 0 Å². The first-order chi connectivity index (χ1) is 10.5. The van der Waals surface area contributed by atoms with Crippen LogP contribution in [0.1, 0.15) is 32.9 Å². The molecule has 0 saturated carbocycles. The first kappa shape index (κ1) is 14.2. The molecule has 2 aromatic heterocycles. The first-order valence-corrected chi connectivity index (χ1v) is 6.77. The molecule has 0 saturated heterocycles. The molecule has 0 bridgehead atoms. The minimum absolute atomic E-state index is 0.0282. The van der Waals surface area contributed by atoms with Gasteiger partial charge in [-0.1, -0.05) is 12.1 Å². The van der Waals surface area contributed by atoms with Crippen molar-refractivity contribution in [1.29, 1.82) is 0 Å². The van der Waals surface area contributed by atoms with Crippen molar-refractivity contribution < 1.29 is 14.3 Å². The summed E-state index contributed by atoms with van der Waals surface area (Å²) in [5.74, 6) is -1.58. The van der Waals surface area contributed by atoms with Crippen LogP contribution >= 0.6 is 0 Å². The van der Waals surface area contributed by atoms with Crippen LogP contribution in [0.4, 0.5) is 4.39 Å². The van der Waals surface area contributed by atoms with Gasteiger partial charge in [-0.15, -0.1) is 0 Å². The van der Waals surface area contributed by atoms with Gasteiger partial charge in [-0.25, -0.2) is 13.9 Å². The zero-order valence-electron chi connectivity index (χ0n) is 12.1. The number of carboxylic acid groups (broad SMARTS) is 1. The molecule has 0 spiro atoms. The van der Waals surface area contributed by atoms with E-state index >= 15 is 0 Å². The summed E-state index contributed by atoms with van der Waals surface area (Å²) in [6, 6.07) is 6.25. The zero-order valence-corrected chi connectivity index (χ0v) is 12.1. The Balaban J connectivity index is 2.10. The minimum atomic E-state index is -1.30. The highest BCUT2D eigenvalue weighted by molar-refractivity contribution is 5.92. The van der Waals surface area contributed by atoms with E-state index in [9.17, 15) is 14.3 Å². The second-order valence-electron chi connectivity index (χ2n) is 5.15. The van der Waals surface area contributed by atoms with Gasteiger partial charge in [0.25, 0.3) is 0 Å². The van der Waals surface area contributed by atoms with Crippen molar-refractivity contribution in [3.8, 4) is 0 Å². The van der Waals surface area contributed by atoms with E-state index < -0.39 is 5.97 Å². The SMILES string of the molecule is Cc1nc2c(C(=O)[O-])cnn2c(C)c1Cc1ccc(F)cc1. The highest BCUT2D eigenvalue weighted by Gasteiger charge is 2.14. The van der Waals surface area contributed by atoms with Crippen molar-refractivity contribution in [3.63, 3.8) is 0 Å². The lowest BCUT2D eigenvalue weighted by Crippen LogP contribution is -2.22. The summed E-state index contributed by atoms with van der Waals surface area (Å²) >= 11 is 0. The number of fused-ring (bicyclic) bond motifs is 1. The minimum Gasteiger partial charge on any atom is -0.545 e. The molecule has 0 amide bonds. The fraction of sp³-hybridized carbons (Fsp3) is 0.188. The Morgan fingerprint density at radius 3 is 2.59 bits per heavy atom. The number of carbonyl (C=O) groups excluding carboxylic acids is 1. The predicted octanol–water partition coefficient (Wildman–Crippen LogP) is 1.44. The molecule has 22 heavy (non-hydrogen) atoms. The molecule has 0 atom stereocenters. The summed E-state index contributed by atoms with van der Waals surface area (Å²) in [7, 11) is 0. The average molecular weight is 298 g/mol. The van der Waals surface area contributed by atoms with Gasteiger partial charge in [-0.05, 0) is 37.1 Å².